The van der Waals surface area contributed by atoms with Gasteiger partial charge in [0.15, 0.2) is 11.9 Å². The molecule has 0 spiro atoms. The van der Waals surface area contributed by atoms with E-state index in [0.717, 1.165) is 12.1 Å². The molecule has 0 saturated heterocycles. The van der Waals surface area contributed by atoms with Crippen LogP contribution in [0.25, 0.3) is 0 Å². The fraction of sp³-hybridized carbons (Fsp3) is 0.381. The van der Waals surface area contributed by atoms with Crippen molar-refractivity contribution in [3.05, 3.63) is 59.4 Å². The van der Waals surface area contributed by atoms with Crippen molar-refractivity contribution in [2.45, 2.75) is 40.7 Å². The van der Waals surface area contributed by atoms with Crippen LogP contribution in [-0.2, 0) is 17.8 Å². The number of pyridine rings is 1. The summed E-state index contributed by atoms with van der Waals surface area (Å²) in [5, 5.41) is 2.89. The second kappa shape index (κ2) is 9.13. The van der Waals surface area contributed by atoms with E-state index in [9.17, 15) is 9.59 Å². The van der Waals surface area contributed by atoms with Crippen molar-refractivity contribution in [3.63, 3.8) is 0 Å². The Bertz CT molecular complexity index is 765. The molecule has 1 aromatic heterocycles. The normalized spacial score (nSPS) is 10.5. The van der Waals surface area contributed by atoms with Crippen LogP contribution >= 0.6 is 0 Å². The lowest BCUT2D eigenvalue weighted by Crippen LogP contribution is -2.43. The van der Waals surface area contributed by atoms with Gasteiger partial charge in [-0.05, 0) is 50.6 Å². The number of carbonyl (C=O) groups is 2. The molecule has 0 aliphatic heterocycles. The van der Waals surface area contributed by atoms with E-state index in [1.165, 1.54) is 5.56 Å². The van der Waals surface area contributed by atoms with E-state index in [-0.39, 0.29) is 18.4 Å². The van der Waals surface area contributed by atoms with Crippen molar-refractivity contribution in [1.82, 2.24) is 4.90 Å². The van der Waals surface area contributed by atoms with E-state index in [2.05, 4.69) is 18.3 Å². The molecule has 26 heavy (non-hydrogen) atoms. The van der Waals surface area contributed by atoms with Crippen LogP contribution in [0.3, 0.4) is 0 Å². The Hall–Kier alpha value is -2.69. The minimum atomic E-state index is -0.0887. The highest BCUT2D eigenvalue weighted by atomic mass is 16.2. The number of benzene rings is 1. The molecule has 0 atom stereocenters. The molecule has 0 bridgehead atoms. The van der Waals surface area contributed by atoms with Crippen LogP contribution in [0.15, 0.2) is 42.6 Å². The number of amides is 2. The Morgan fingerprint density at radius 1 is 1.00 bits per heavy atom. The molecule has 2 rings (SSSR count). The van der Waals surface area contributed by atoms with Gasteiger partial charge in [-0.1, -0.05) is 6.92 Å². The molecule has 138 valence electrons. The van der Waals surface area contributed by atoms with Gasteiger partial charge in [-0.3, -0.25) is 9.59 Å². The largest absolute Gasteiger partial charge is 0.339 e. The zero-order chi connectivity index (χ0) is 19.1. The van der Waals surface area contributed by atoms with E-state index in [0.29, 0.717) is 24.3 Å². The maximum Gasteiger partial charge on any atom is 0.290 e. The first-order valence-electron chi connectivity index (χ1n) is 9.16. The average Bonchev–Trinajstić information content (AvgIpc) is 2.65. The maximum absolute atomic E-state index is 12.3. The number of carbonyl (C=O) groups excluding carboxylic acids is 2. The van der Waals surface area contributed by atoms with Gasteiger partial charge in [-0.2, -0.15) is 4.57 Å². The second-order valence-electron chi connectivity index (χ2n) is 6.26. The predicted molar refractivity (Wildman–Crippen MR) is 103 cm³/mol. The molecular formula is C21H28N3O2+. The molecule has 0 saturated carbocycles. The summed E-state index contributed by atoms with van der Waals surface area (Å²) >= 11 is 0. The Morgan fingerprint density at radius 2 is 1.65 bits per heavy atom. The molecule has 5 heteroatoms. The van der Waals surface area contributed by atoms with E-state index in [1.54, 1.807) is 29.2 Å². The Labute approximate surface area is 155 Å². The van der Waals surface area contributed by atoms with Crippen LogP contribution in [0, 0.1) is 6.92 Å². The summed E-state index contributed by atoms with van der Waals surface area (Å²) in [6.45, 7) is 9.63. The summed E-state index contributed by atoms with van der Waals surface area (Å²) in [7, 11) is 0. The lowest BCUT2D eigenvalue weighted by molar-refractivity contribution is -0.690. The minimum Gasteiger partial charge on any atom is -0.339 e. The average molecular weight is 354 g/mol. The zero-order valence-electron chi connectivity index (χ0n) is 16.1. The number of anilines is 1. The van der Waals surface area contributed by atoms with Gasteiger partial charge in [0, 0.05) is 42.9 Å². The van der Waals surface area contributed by atoms with E-state index < -0.39 is 0 Å². The van der Waals surface area contributed by atoms with Crippen LogP contribution in [0.2, 0.25) is 0 Å². The monoisotopic (exact) mass is 354 g/mol. The lowest BCUT2D eigenvalue weighted by atomic mass is 10.1. The van der Waals surface area contributed by atoms with Crippen LogP contribution in [0.1, 0.15) is 42.4 Å². The number of rotatable bonds is 7. The summed E-state index contributed by atoms with van der Waals surface area (Å²) < 4.78 is 1.95. The first-order valence-corrected chi connectivity index (χ1v) is 9.16. The fourth-order valence-electron chi connectivity index (χ4n) is 2.79. The summed E-state index contributed by atoms with van der Waals surface area (Å²) in [5.41, 5.74) is 3.56. The highest BCUT2D eigenvalue weighted by Crippen LogP contribution is 2.12. The van der Waals surface area contributed by atoms with Crippen molar-refractivity contribution in [1.29, 1.82) is 0 Å². The van der Waals surface area contributed by atoms with Gasteiger partial charge in [0.05, 0.1) is 0 Å². The van der Waals surface area contributed by atoms with Crippen LogP contribution < -0.4 is 9.88 Å². The summed E-state index contributed by atoms with van der Waals surface area (Å²) in [5.74, 6) is -0.0791. The quantitative estimate of drug-likeness (QED) is 0.777. The summed E-state index contributed by atoms with van der Waals surface area (Å²) in [6, 6.07) is 11.2. The molecule has 5 nitrogen and oxygen atoms in total. The number of nitrogens with one attached hydrogen (secondary N) is 1. The van der Waals surface area contributed by atoms with Crippen molar-refractivity contribution < 1.29 is 14.2 Å². The van der Waals surface area contributed by atoms with Crippen molar-refractivity contribution >= 4 is 17.5 Å². The van der Waals surface area contributed by atoms with Gasteiger partial charge in [0.1, 0.15) is 0 Å². The molecule has 0 unspecified atom stereocenters. The third kappa shape index (κ3) is 4.91. The fourth-order valence-corrected chi connectivity index (χ4v) is 2.79. The lowest BCUT2D eigenvalue weighted by Gasteiger charge is -2.18. The first kappa shape index (κ1) is 19.6. The number of aromatic nitrogens is 1. The van der Waals surface area contributed by atoms with Crippen LogP contribution in [0.4, 0.5) is 5.69 Å². The van der Waals surface area contributed by atoms with Crippen LogP contribution in [-0.4, -0.2) is 29.8 Å². The van der Waals surface area contributed by atoms with E-state index >= 15 is 0 Å². The Kier molecular flexibility index (Phi) is 6.89. The van der Waals surface area contributed by atoms with E-state index in [4.69, 9.17) is 0 Å². The SMILES string of the molecule is CCc1ccc(C)[n+](CC(=O)Nc2ccc(C(=O)N(CC)CC)cc2)c1. The third-order valence-electron chi connectivity index (χ3n) is 4.50. The molecule has 2 amide bonds. The minimum absolute atomic E-state index is 0.00966. The molecule has 1 N–H and O–H groups in total. The number of hydrogen-bond donors (Lipinski definition) is 1. The highest BCUT2D eigenvalue weighted by molar-refractivity contribution is 5.95. The van der Waals surface area contributed by atoms with Crippen molar-refractivity contribution in [3.8, 4) is 0 Å². The maximum atomic E-state index is 12.3. The predicted octanol–water partition coefficient (Wildman–Crippen LogP) is 2.97. The molecule has 1 heterocycles. The molecular weight excluding hydrogens is 326 g/mol. The second-order valence-corrected chi connectivity index (χ2v) is 6.26. The zero-order valence-corrected chi connectivity index (χ0v) is 16.1. The first-order chi connectivity index (χ1) is 12.5. The number of nitrogens with zero attached hydrogens (tertiary/aromatic N) is 2. The van der Waals surface area contributed by atoms with Gasteiger partial charge >= 0.3 is 0 Å². The van der Waals surface area contributed by atoms with Gasteiger partial charge in [-0.25, -0.2) is 0 Å². The number of aryl methyl sites for hydroxylation is 2. The van der Waals surface area contributed by atoms with Crippen LogP contribution in [0.5, 0.6) is 0 Å². The number of hydrogen-bond acceptors (Lipinski definition) is 2. The molecule has 0 aliphatic carbocycles. The highest BCUT2D eigenvalue weighted by Gasteiger charge is 2.15. The topological polar surface area (TPSA) is 53.3 Å². The van der Waals surface area contributed by atoms with Crippen molar-refractivity contribution in [2.75, 3.05) is 18.4 Å². The van der Waals surface area contributed by atoms with Crippen molar-refractivity contribution in [2.24, 2.45) is 0 Å². The molecule has 0 aliphatic rings. The summed E-state index contributed by atoms with van der Waals surface area (Å²) in [4.78, 5) is 26.4. The standard InChI is InChI=1S/C21H27N3O2/c1-5-17-9-8-16(4)24(14-17)15-20(25)22-19-12-10-18(11-13-19)21(26)23(6-2)7-3/h8-14H,5-7,15H2,1-4H3/p+1. The van der Waals surface area contributed by atoms with Gasteiger partial charge in [0.25, 0.3) is 11.8 Å². The Morgan fingerprint density at radius 3 is 2.23 bits per heavy atom. The molecule has 1 aromatic carbocycles. The third-order valence-corrected chi connectivity index (χ3v) is 4.50. The van der Waals surface area contributed by atoms with E-state index in [1.807, 2.05) is 37.6 Å². The van der Waals surface area contributed by atoms with Gasteiger partial charge in [-0.15, -0.1) is 0 Å². The van der Waals surface area contributed by atoms with Gasteiger partial charge < -0.3 is 10.2 Å². The van der Waals surface area contributed by atoms with Gasteiger partial charge in [0.2, 0.25) is 6.54 Å². The smallest absolute Gasteiger partial charge is 0.290 e. The summed E-state index contributed by atoms with van der Waals surface area (Å²) in [6.07, 6.45) is 2.95. The Balaban J connectivity index is 2.03. The molecule has 0 radical (unpaired) electrons. The molecule has 2 aromatic rings. The molecule has 0 fully saturated rings.